The number of benzene rings is 2. The molecule has 6 nitrogen and oxygen atoms in total. The Morgan fingerprint density at radius 1 is 1.07 bits per heavy atom. The monoisotopic (exact) mass is 380 g/mol. The Labute approximate surface area is 164 Å². The van der Waals surface area contributed by atoms with Crippen molar-refractivity contribution >= 4 is 11.6 Å². The maximum Gasteiger partial charge on any atom is 0.261 e. The Bertz CT molecular complexity index is 906. The first-order valence-corrected chi connectivity index (χ1v) is 9.26. The van der Waals surface area contributed by atoms with E-state index in [2.05, 4.69) is 10.5 Å². The number of nitrogens with zero attached hydrogens (tertiary/aromatic N) is 1. The molecule has 1 aromatic heterocycles. The van der Waals surface area contributed by atoms with Crippen LogP contribution in [0.1, 0.15) is 28.6 Å². The molecule has 6 heteroatoms. The summed E-state index contributed by atoms with van der Waals surface area (Å²) in [5.74, 6) is 0.221. The topological polar surface area (TPSA) is 73.6 Å². The molecule has 0 aliphatic rings. The Morgan fingerprint density at radius 2 is 1.86 bits per heavy atom. The maximum atomic E-state index is 12.9. The molecular formula is C22H24N2O4. The Balaban J connectivity index is 1.69. The zero-order valence-corrected chi connectivity index (χ0v) is 16.1. The second-order valence-corrected chi connectivity index (χ2v) is 6.23. The van der Waals surface area contributed by atoms with Crippen LogP contribution in [0.3, 0.4) is 0 Å². The van der Waals surface area contributed by atoms with Gasteiger partial charge < -0.3 is 19.3 Å². The predicted octanol–water partition coefficient (Wildman–Crippen LogP) is 4.46. The molecule has 0 spiro atoms. The van der Waals surface area contributed by atoms with Crippen molar-refractivity contribution in [2.45, 2.75) is 20.5 Å². The second-order valence-electron chi connectivity index (χ2n) is 6.23. The number of carbonyl (C=O) groups excluding carboxylic acids is 1. The predicted molar refractivity (Wildman–Crippen MR) is 107 cm³/mol. The van der Waals surface area contributed by atoms with Crippen molar-refractivity contribution in [1.29, 1.82) is 0 Å². The van der Waals surface area contributed by atoms with Gasteiger partial charge in [-0.15, -0.1) is 0 Å². The fraction of sp³-hybridized carbons (Fsp3) is 0.273. The summed E-state index contributed by atoms with van der Waals surface area (Å²) in [4.78, 5) is 12.9. The summed E-state index contributed by atoms with van der Waals surface area (Å²) in [6.45, 7) is 5.92. The van der Waals surface area contributed by atoms with E-state index in [9.17, 15) is 4.79 Å². The van der Waals surface area contributed by atoms with Gasteiger partial charge in [0, 0.05) is 17.9 Å². The van der Waals surface area contributed by atoms with Crippen LogP contribution in [-0.2, 0) is 16.1 Å². The van der Waals surface area contributed by atoms with Crippen molar-refractivity contribution in [3.8, 4) is 11.3 Å². The largest absolute Gasteiger partial charge is 0.379 e. The van der Waals surface area contributed by atoms with Gasteiger partial charge in [0.15, 0.2) is 0 Å². The molecule has 1 heterocycles. The Kier molecular flexibility index (Phi) is 6.94. The first-order chi connectivity index (χ1) is 13.7. The lowest BCUT2D eigenvalue weighted by Gasteiger charge is -2.09. The Morgan fingerprint density at radius 3 is 2.64 bits per heavy atom. The fourth-order valence-corrected chi connectivity index (χ4v) is 2.82. The summed E-state index contributed by atoms with van der Waals surface area (Å²) in [5, 5.41) is 6.99. The van der Waals surface area contributed by atoms with Crippen LogP contribution in [0.2, 0.25) is 0 Å². The smallest absolute Gasteiger partial charge is 0.261 e. The highest BCUT2D eigenvalue weighted by Gasteiger charge is 2.21. The molecule has 3 aromatic rings. The maximum absolute atomic E-state index is 12.9. The number of hydrogen-bond donors (Lipinski definition) is 1. The van der Waals surface area contributed by atoms with Crippen molar-refractivity contribution in [2.75, 3.05) is 25.1 Å². The molecule has 2 aromatic carbocycles. The SMILES string of the molecule is CCOCCOCc1cccc(NC(=O)c2c(-c3ccccc3)noc2C)c1. The van der Waals surface area contributed by atoms with Crippen LogP contribution in [-0.4, -0.2) is 30.9 Å². The standard InChI is InChI=1S/C22H24N2O4/c1-3-26-12-13-27-15-17-8-7-11-19(14-17)23-22(25)20-16(2)28-24-21(20)18-9-5-4-6-10-18/h4-11,14H,3,12-13,15H2,1-2H3,(H,23,25). The summed E-state index contributed by atoms with van der Waals surface area (Å²) in [7, 11) is 0. The minimum Gasteiger partial charge on any atom is -0.379 e. The van der Waals surface area contributed by atoms with E-state index in [0.717, 1.165) is 11.1 Å². The molecule has 0 atom stereocenters. The van der Waals surface area contributed by atoms with Crippen LogP contribution in [0.5, 0.6) is 0 Å². The molecule has 0 aliphatic carbocycles. The van der Waals surface area contributed by atoms with Gasteiger partial charge in [-0.3, -0.25) is 4.79 Å². The van der Waals surface area contributed by atoms with Crippen LogP contribution >= 0.6 is 0 Å². The van der Waals surface area contributed by atoms with E-state index in [4.69, 9.17) is 14.0 Å². The second kappa shape index (κ2) is 9.82. The van der Waals surface area contributed by atoms with Crippen molar-refractivity contribution in [3.63, 3.8) is 0 Å². The Hall–Kier alpha value is -2.96. The molecule has 0 bridgehead atoms. The zero-order chi connectivity index (χ0) is 19.8. The van der Waals surface area contributed by atoms with Crippen molar-refractivity contribution in [1.82, 2.24) is 5.16 Å². The number of ether oxygens (including phenoxy) is 2. The lowest BCUT2D eigenvalue weighted by molar-refractivity contribution is 0.0453. The first kappa shape index (κ1) is 19.8. The van der Waals surface area contributed by atoms with Crippen molar-refractivity contribution in [2.24, 2.45) is 0 Å². The molecule has 0 saturated heterocycles. The molecule has 0 radical (unpaired) electrons. The number of rotatable bonds is 9. The molecule has 1 N–H and O–H groups in total. The van der Waals surface area contributed by atoms with Gasteiger partial charge in [0.1, 0.15) is 17.0 Å². The van der Waals surface area contributed by atoms with Gasteiger partial charge in [0.25, 0.3) is 5.91 Å². The molecule has 0 aliphatic heterocycles. The van der Waals surface area contributed by atoms with Crippen LogP contribution in [0.25, 0.3) is 11.3 Å². The van der Waals surface area contributed by atoms with E-state index >= 15 is 0 Å². The summed E-state index contributed by atoms with van der Waals surface area (Å²) >= 11 is 0. The average molecular weight is 380 g/mol. The molecule has 146 valence electrons. The summed E-state index contributed by atoms with van der Waals surface area (Å²) < 4.78 is 16.1. The quantitative estimate of drug-likeness (QED) is 0.555. The van der Waals surface area contributed by atoms with Gasteiger partial charge in [-0.25, -0.2) is 0 Å². The number of aromatic nitrogens is 1. The van der Waals surface area contributed by atoms with E-state index < -0.39 is 0 Å². The number of anilines is 1. The van der Waals surface area contributed by atoms with Gasteiger partial charge in [-0.2, -0.15) is 0 Å². The summed E-state index contributed by atoms with van der Waals surface area (Å²) in [6.07, 6.45) is 0. The van der Waals surface area contributed by atoms with E-state index in [-0.39, 0.29) is 5.91 Å². The van der Waals surface area contributed by atoms with Crippen molar-refractivity contribution < 1.29 is 18.8 Å². The highest BCUT2D eigenvalue weighted by atomic mass is 16.5. The number of carbonyl (C=O) groups is 1. The van der Waals surface area contributed by atoms with Gasteiger partial charge in [-0.1, -0.05) is 47.6 Å². The normalized spacial score (nSPS) is 10.8. The first-order valence-electron chi connectivity index (χ1n) is 9.26. The lowest BCUT2D eigenvalue weighted by Crippen LogP contribution is -2.13. The van der Waals surface area contributed by atoms with Crippen LogP contribution in [0, 0.1) is 6.92 Å². The fourth-order valence-electron chi connectivity index (χ4n) is 2.82. The highest BCUT2D eigenvalue weighted by molar-refractivity contribution is 6.08. The van der Waals surface area contributed by atoms with Gasteiger partial charge in [-0.05, 0) is 31.5 Å². The van der Waals surface area contributed by atoms with Crippen LogP contribution in [0.4, 0.5) is 5.69 Å². The molecular weight excluding hydrogens is 356 g/mol. The van der Waals surface area contributed by atoms with Crippen LogP contribution < -0.4 is 5.32 Å². The molecule has 0 saturated carbocycles. The van der Waals surface area contributed by atoms with E-state index in [1.807, 2.05) is 61.5 Å². The third kappa shape index (κ3) is 5.06. The third-order valence-electron chi connectivity index (χ3n) is 4.17. The zero-order valence-electron chi connectivity index (χ0n) is 16.1. The number of nitrogens with one attached hydrogen (secondary N) is 1. The third-order valence-corrected chi connectivity index (χ3v) is 4.17. The highest BCUT2D eigenvalue weighted by Crippen LogP contribution is 2.26. The summed E-state index contributed by atoms with van der Waals surface area (Å²) in [5.41, 5.74) is 3.46. The van der Waals surface area contributed by atoms with Gasteiger partial charge in [0.2, 0.25) is 0 Å². The summed E-state index contributed by atoms with van der Waals surface area (Å²) in [6, 6.07) is 17.1. The van der Waals surface area contributed by atoms with E-state index in [1.54, 1.807) is 6.92 Å². The number of hydrogen-bond acceptors (Lipinski definition) is 5. The number of aryl methyl sites for hydroxylation is 1. The van der Waals surface area contributed by atoms with Gasteiger partial charge in [0.05, 0.1) is 19.8 Å². The molecule has 3 rings (SSSR count). The minimum atomic E-state index is -0.257. The molecule has 28 heavy (non-hydrogen) atoms. The molecule has 0 fully saturated rings. The molecule has 1 amide bonds. The molecule has 0 unspecified atom stereocenters. The van der Waals surface area contributed by atoms with Gasteiger partial charge >= 0.3 is 0 Å². The van der Waals surface area contributed by atoms with Crippen molar-refractivity contribution in [3.05, 3.63) is 71.5 Å². The van der Waals surface area contributed by atoms with Crippen LogP contribution in [0.15, 0.2) is 59.1 Å². The number of amides is 1. The van der Waals surface area contributed by atoms with E-state index in [1.165, 1.54) is 0 Å². The lowest BCUT2D eigenvalue weighted by atomic mass is 10.1. The van der Waals surface area contributed by atoms with E-state index in [0.29, 0.717) is 49.1 Å². The minimum absolute atomic E-state index is 0.257. The average Bonchev–Trinajstić information content (AvgIpc) is 3.10.